The molecule has 2 aromatic carbocycles. The Bertz CT molecular complexity index is 571. The summed E-state index contributed by atoms with van der Waals surface area (Å²) in [6, 6.07) is 17.0. The van der Waals surface area contributed by atoms with Gasteiger partial charge in [-0.2, -0.15) is 0 Å². The third-order valence-electron chi connectivity index (χ3n) is 3.76. The minimum absolute atomic E-state index is 0.280. The molecule has 1 fully saturated rings. The molecule has 0 amide bonds. The first-order chi connectivity index (χ1) is 10.8. The lowest BCUT2D eigenvalue weighted by Crippen LogP contribution is -2.07. The van der Waals surface area contributed by atoms with Crippen molar-refractivity contribution in [3.8, 4) is 5.75 Å². The molecule has 0 radical (unpaired) electrons. The van der Waals surface area contributed by atoms with Gasteiger partial charge in [-0.25, -0.2) is 0 Å². The Hall–Kier alpha value is -1.84. The molecule has 0 aliphatic carbocycles. The lowest BCUT2D eigenvalue weighted by atomic mass is 10.0. The lowest BCUT2D eigenvalue weighted by molar-refractivity contribution is 0.00821. The standard InChI is InChI=1S/C19H22O3/c1-15-2-4-16(5-3-15)6-7-17-8-10-18(11-9-17)22-14-20-12-19-13-21-19/h2-5,8-11,19H,6-7,12-14H2,1H3. The molecule has 0 spiro atoms. The SMILES string of the molecule is Cc1ccc(CCc2ccc(OCOCC3CO3)cc2)cc1. The molecule has 0 saturated carbocycles. The molecule has 1 atom stereocenters. The van der Waals surface area contributed by atoms with Crippen LogP contribution in [0.15, 0.2) is 48.5 Å². The summed E-state index contributed by atoms with van der Waals surface area (Å²) in [4.78, 5) is 0. The second-order valence-electron chi connectivity index (χ2n) is 5.72. The largest absolute Gasteiger partial charge is 0.468 e. The molecule has 1 saturated heterocycles. The Morgan fingerprint density at radius 3 is 2.14 bits per heavy atom. The van der Waals surface area contributed by atoms with Crippen molar-refractivity contribution in [1.82, 2.24) is 0 Å². The highest BCUT2D eigenvalue weighted by atomic mass is 16.7. The maximum absolute atomic E-state index is 5.54. The molecule has 0 bridgehead atoms. The highest BCUT2D eigenvalue weighted by molar-refractivity contribution is 5.28. The molecule has 1 aliphatic heterocycles. The van der Waals surface area contributed by atoms with Crippen molar-refractivity contribution < 1.29 is 14.2 Å². The number of epoxide rings is 1. The van der Waals surface area contributed by atoms with Gasteiger partial charge in [0.05, 0.1) is 13.2 Å². The summed E-state index contributed by atoms with van der Waals surface area (Å²) >= 11 is 0. The van der Waals surface area contributed by atoms with E-state index in [1.54, 1.807) is 0 Å². The first kappa shape index (κ1) is 15.1. The monoisotopic (exact) mass is 298 g/mol. The first-order valence-electron chi connectivity index (χ1n) is 7.76. The minimum atomic E-state index is 0.280. The van der Waals surface area contributed by atoms with Crippen molar-refractivity contribution in [1.29, 1.82) is 0 Å². The Labute approximate surface area is 131 Å². The van der Waals surface area contributed by atoms with Crippen LogP contribution < -0.4 is 4.74 Å². The van der Waals surface area contributed by atoms with Crippen molar-refractivity contribution in [3.63, 3.8) is 0 Å². The summed E-state index contributed by atoms with van der Waals surface area (Å²) in [6.07, 6.45) is 2.39. The van der Waals surface area contributed by atoms with Crippen LogP contribution in [0.5, 0.6) is 5.75 Å². The summed E-state index contributed by atoms with van der Waals surface area (Å²) in [7, 11) is 0. The molecule has 3 heteroatoms. The van der Waals surface area contributed by atoms with Crippen LogP contribution in [0.1, 0.15) is 16.7 Å². The first-order valence-corrected chi connectivity index (χ1v) is 7.76. The van der Waals surface area contributed by atoms with Crippen LogP contribution >= 0.6 is 0 Å². The number of ether oxygens (including phenoxy) is 3. The van der Waals surface area contributed by atoms with Crippen molar-refractivity contribution in [2.75, 3.05) is 20.0 Å². The molecule has 3 rings (SSSR count). The predicted molar refractivity (Wildman–Crippen MR) is 86.2 cm³/mol. The molecule has 116 valence electrons. The van der Waals surface area contributed by atoms with Gasteiger partial charge in [0, 0.05) is 0 Å². The summed E-state index contributed by atoms with van der Waals surface area (Å²) < 4.78 is 16.0. The Kier molecular flexibility index (Phi) is 5.09. The molecule has 2 aromatic rings. The maximum atomic E-state index is 5.54. The highest BCUT2D eigenvalue weighted by Crippen LogP contribution is 2.15. The number of benzene rings is 2. The molecule has 1 aliphatic rings. The fourth-order valence-corrected chi connectivity index (χ4v) is 2.25. The van der Waals surface area contributed by atoms with Crippen LogP contribution in [0.2, 0.25) is 0 Å². The molecule has 22 heavy (non-hydrogen) atoms. The Morgan fingerprint density at radius 1 is 0.955 bits per heavy atom. The molecule has 1 heterocycles. The Morgan fingerprint density at radius 2 is 1.55 bits per heavy atom. The van der Waals surface area contributed by atoms with E-state index in [-0.39, 0.29) is 12.9 Å². The van der Waals surface area contributed by atoms with E-state index in [0.29, 0.717) is 6.61 Å². The second kappa shape index (κ2) is 7.43. The molecule has 0 N–H and O–H groups in total. The fourth-order valence-electron chi connectivity index (χ4n) is 2.25. The van der Waals surface area contributed by atoms with Gasteiger partial charge in [-0.15, -0.1) is 0 Å². The van der Waals surface area contributed by atoms with E-state index in [4.69, 9.17) is 14.2 Å². The molecule has 1 unspecified atom stereocenters. The average Bonchev–Trinajstić information content (AvgIpc) is 3.36. The van der Waals surface area contributed by atoms with Gasteiger partial charge in [0.1, 0.15) is 11.9 Å². The van der Waals surface area contributed by atoms with Gasteiger partial charge in [-0.1, -0.05) is 42.0 Å². The van der Waals surface area contributed by atoms with Gasteiger partial charge in [-0.05, 0) is 43.0 Å². The van der Waals surface area contributed by atoms with Crippen LogP contribution in [0.4, 0.5) is 0 Å². The zero-order valence-corrected chi connectivity index (χ0v) is 13.0. The van der Waals surface area contributed by atoms with Crippen LogP contribution in [0, 0.1) is 6.92 Å². The molecular formula is C19H22O3. The number of hydrogen-bond donors (Lipinski definition) is 0. The van der Waals surface area contributed by atoms with Crippen molar-refractivity contribution in [2.45, 2.75) is 25.9 Å². The molecule has 0 aromatic heterocycles. The van der Waals surface area contributed by atoms with Gasteiger partial charge >= 0.3 is 0 Å². The van der Waals surface area contributed by atoms with Gasteiger partial charge in [0.2, 0.25) is 0 Å². The maximum Gasteiger partial charge on any atom is 0.189 e. The second-order valence-corrected chi connectivity index (χ2v) is 5.72. The summed E-state index contributed by atoms with van der Waals surface area (Å²) in [6.45, 7) is 3.83. The minimum Gasteiger partial charge on any atom is -0.468 e. The van der Waals surface area contributed by atoms with Gasteiger partial charge < -0.3 is 14.2 Å². The lowest BCUT2D eigenvalue weighted by Gasteiger charge is -2.07. The van der Waals surface area contributed by atoms with E-state index in [1.807, 2.05) is 12.1 Å². The van der Waals surface area contributed by atoms with Gasteiger partial charge in [0.15, 0.2) is 6.79 Å². The number of hydrogen-bond acceptors (Lipinski definition) is 3. The summed E-state index contributed by atoms with van der Waals surface area (Å²) in [5.74, 6) is 0.843. The van der Waals surface area contributed by atoms with Gasteiger partial charge in [-0.3, -0.25) is 0 Å². The van der Waals surface area contributed by atoms with E-state index >= 15 is 0 Å². The van der Waals surface area contributed by atoms with Crippen molar-refractivity contribution in [3.05, 3.63) is 65.2 Å². The van der Waals surface area contributed by atoms with E-state index in [9.17, 15) is 0 Å². The Balaban J connectivity index is 1.41. The third-order valence-corrected chi connectivity index (χ3v) is 3.76. The zero-order valence-electron chi connectivity index (χ0n) is 13.0. The summed E-state index contributed by atoms with van der Waals surface area (Å²) in [5, 5.41) is 0. The third kappa shape index (κ3) is 4.86. The van der Waals surface area contributed by atoms with Gasteiger partial charge in [0.25, 0.3) is 0 Å². The molecule has 3 nitrogen and oxygen atoms in total. The smallest absolute Gasteiger partial charge is 0.189 e. The highest BCUT2D eigenvalue weighted by Gasteiger charge is 2.22. The van der Waals surface area contributed by atoms with Crippen LogP contribution in [0.3, 0.4) is 0 Å². The zero-order chi connectivity index (χ0) is 15.2. The van der Waals surface area contributed by atoms with Crippen LogP contribution in [-0.2, 0) is 22.3 Å². The van der Waals surface area contributed by atoms with Crippen LogP contribution in [0.25, 0.3) is 0 Å². The number of aryl methyl sites for hydroxylation is 3. The van der Waals surface area contributed by atoms with E-state index in [1.165, 1.54) is 16.7 Å². The van der Waals surface area contributed by atoms with E-state index in [2.05, 4.69) is 43.3 Å². The van der Waals surface area contributed by atoms with E-state index in [0.717, 1.165) is 25.2 Å². The summed E-state index contributed by atoms with van der Waals surface area (Å²) in [5.41, 5.74) is 4.00. The quantitative estimate of drug-likeness (QED) is 0.424. The average molecular weight is 298 g/mol. The normalized spacial score (nSPS) is 16.5. The topological polar surface area (TPSA) is 31.0 Å². The van der Waals surface area contributed by atoms with Crippen LogP contribution in [-0.4, -0.2) is 26.1 Å². The van der Waals surface area contributed by atoms with E-state index < -0.39 is 0 Å². The molecular weight excluding hydrogens is 276 g/mol. The number of rotatable bonds is 8. The fraction of sp³-hybridized carbons (Fsp3) is 0.368. The van der Waals surface area contributed by atoms with Crippen molar-refractivity contribution in [2.24, 2.45) is 0 Å². The predicted octanol–water partition coefficient (Wildman–Crippen LogP) is 3.53. The van der Waals surface area contributed by atoms with Crippen molar-refractivity contribution >= 4 is 0 Å².